The minimum atomic E-state index is 0. The molecule has 0 bridgehead atoms. The van der Waals surface area contributed by atoms with Gasteiger partial charge in [-0.15, -0.1) is 24.0 Å². The van der Waals surface area contributed by atoms with Crippen molar-refractivity contribution in [2.24, 2.45) is 10.9 Å². The third-order valence-corrected chi connectivity index (χ3v) is 7.31. The summed E-state index contributed by atoms with van der Waals surface area (Å²) in [7, 11) is 4.17. The van der Waals surface area contributed by atoms with Gasteiger partial charge in [-0.1, -0.05) is 32.1 Å². The largest absolute Gasteiger partial charge is 0.356 e. The lowest BCUT2D eigenvalue weighted by Crippen LogP contribution is -2.62. The Bertz CT molecular complexity index is 450. The number of aliphatic imine (C=N–C) groups is 1. The molecule has 0 aromatic rings. The molecule has 2 N–H and O–H groups in total. The van der Waals surface area contributed by atoms with Gasteiger partial charge in [0.15, 0.2) is 5.96 Å². The lowest BCUT2D eigenvalue weighted by atomic mass is 9.84. The Hall–Kier alpha value is -0.0800. The van der Waals surface area contributed by atoms with Crippen molar-refractivity contribution >= 4 is 29.9 Å². The number of hydrogen-bond donors (Lipinski definition) is 2. The first-order valence-electron chi connectivity index (χ1n) is 11.6. The molecule has 5 nitrogen and oxygen atoms in total. The van der Waals surface area contributed by atoms with Crippen LogP contribution in [0.3, 0.4) is 0 Å². The highest BCUT2D eigenvalue weighted by Crippen LogP contribution is 2.31. The van der Waals surface area contributed by atoms with Gasteiger partial charge in [-0.2, -0.15) is 0 Å². The number of piperidine rings is 2. The molecule has 28 heavy (non-hydrogen) atoms. The molecule has 1 saturated carbocycles. The maximum Gasteiger partial charge on any atom is 0.191 e. The first-order valence-corrected chi connectivity index (χ1v) is 11.6. The quantitative estimate of drug-likeness (QED) is 0.240. The van der Waals surface area contributed by atoms with Gasteiger partial charge in [0.25, 0.3) is 0 Å². The minimum absolute atomic E-state index is 0. The number of hydrogen-bond acceptors (Lipinski definition) is 3. The van der Waals surface area contributed by atoms with E-state index in [1.165, 1.54) is 96.8 Å². The zero-order valence-corrected chi connectivity index (χ0v) is 20.7. The molecule has 1 aliphatic carbocycles. The van der Waals surface area contributed by atoms with Crippen molar-refractivity contribution in [2.75, 3.05) is 53.4 Å². The van der Waals surface area contributed by atoms with Gasteiger partial charge in [0.05, 0.1) is 0 Å². The highest BCUT2D eigenvalue weighted by molar-refractivity contribution is 14.0. The molecule has 2 heterocycles. The number of likely N-dealkylation sites (tertiary alicyclic amines) is 2. The van der Waals surface area contributed by atoms with Crippen LogP contribution in [0.4, 0.5) is 0 Å². The Morgan fingerprint density at radius 2 is 1.64 bits per heavy atom. The van der Waals surface area contributed by atoms with Gasteiger partial charge in [0, 0.05) is 25.7 Å². The molecule has 0 radical (unpaired) electrons. The number of nitrogens with zero attached hydrogens (tertiary/aromatic N) is 3. The molecule has 0 amide bonds. The molecule has 3 fully saturated rings. The highest BCUT2D eigenvalue weighted by Gasteiger charge is 2.39. The minimum Gasteiger partial charge on any atom is -0.356 e. The van der Waals surface area contributed by atoms with Gasteiger partial charge < -0.3 is 15.5 Å². The van der Waals surface area contributed by atoms with Crippen LogP contribution in [0, 0.1) is 5.92 Å². The van der Waals surface area contributed by atoms with E-state index in [2.05, 4.69) is 32.5 Å². The topological polar surface area (TPSA) is 42.9 Å². The Kier molecular flexibility index (Phi) is 10.9. The van der Waals surface area contributed by atoms with Gasteiger partial charge in [-0.25, -0.2) is 0 Å². The number of nitrogens with one attached hydrogen (secondary N) is 2. The van der Waals surface area contributed by atoms with E-state index in [0.717, 1.165) is 25.0 Å². The second-order valence-corrected chi connectivity index (χ2v) is 9.22. The predicted octanol–water partition coefficient (Wildman–Crippen LogP) is 3.69. The van der Waals surface area contributed by atoms with Gasteiger partial charge in [-0.3, -0.25) is 9.89 Å². The van der Waals surface area contributed by atoms with Gasteiger partial charge in [0.2, 0.25) is 0 Å². The zero-order chi connectivity index (χ0) is 19.0. The van der Waals surface area contributed by atoms with Crippen LogP contribution >= 0.6 is 24.0 Å². The Morgan fingerprint density at radius 1 is 0.964 bits per heavy atom. The summed E-state index contributed by atoms with van der Waals surface area (Å²) >= 11 is 0. The van der Waals surface area contributed by atoms with Crippen LogP contribution in [0.25, 0.3) is 0 Å². The first kappa shape index (κ1) is 24.2. The van der Waals surface area contributed by atoms with E-state index < -0.39 is 0 Å². The summed E-state index contributed by atoms with van der Waals surface area (Å²) in [6.45, 7) is 7.06. The van der Waals surface area contributed by atoms with Crippen molar-refractivity contribution in [3.05, 3.63) is 0 Å². The summed E-state index contributed by atoms with van der Waals surface area (Å²) in [5.74, 6) is 1.99. The van der Waals surface area contributed by atoms with Crippen LogP contribution in [-0.4, -0.2) is 74.7 Å². The van der Waals surface area contributed by atoms with Crippen LogP contribution in [0.2, 0.25) is 0 Å². The average molecular weight is 506 g/mol. The normalized spacial score (nSPS) is 24.7. The van der Waals surface area contributed by atoms with Gasteiger partial charge >= 0.3 is 0 Å². The molecule has 3 rings (SSSR count). The van der Waals surface area contributed by atoms with Crippen molar-refractivity contribution in [1.29, 1.82) is 0 Å². The summed E-state index contributed by atoms with van der Waals surface area (Å²) in [6.07, 6.45) is 15.2. The molecule has 0 aromatic heterocycles. The summed E-state index contributed by atoms with van der Waals surface area (Å²) in [6, 6.07) is 0. The summed E-state index contributed by atoms with van der Waals surface area (Å²) < 4.78 is 0. The van der Waals surface area contributed by atoms with E-state index in [0.29, 0.717) is 5.54 Å². The van der Waals surface area contributed by atoms with Gasteiger partial charge in [0.1, 0.15) is 0 Å². The molecule has 0 spiro atoms. The zero-order valence-electron chi connectivity index (χ0n) is 18.3. The Labute approximate surface area is 190 Å². The van der Waals surface area contributed by atoms with Crippen LogP contribution in [0.5, 0.6) is 0 Å². The van der Waals surface area contributed by atoms with E-state index in [4.69, 9.17) is 0 Å². The summed E-state index contributed by atoms with van der Waals surface area (Å²) in [4.78, 5) is 9.78. The molecule has 0 atom stereocenters. The lowest BCUT2D eigenvalue weighted by molar-refractivity contribution is 0.0173. The summed E-state index contributed by atoms with van der Waals surface area (Å²) in [5.41, 5.74) is 0.314. The van der Waals surface area contributed by atoms with Crippen molar-refractivity contribution in [3.8, 4) is 0 Å². The third-order valence-electron chi connectivity index (χ3n) is 7.31. The SMILES string of the molecule is CN=C(NCCCC1CCCC1)NCC1(N2CCCCC2)CCN(C)CC1.I. The van der Waals surface area contributed by atoms with E-state index in [1.54, 1.807) is 0 Å². The molecular weight excluding hydrogens is 461 g/mol. The van der Waals surface area contributed by atoms with E-state index in [-0.39, 0.29) is 24.0 Å². The number of guanidine groups is 1. The Morgan fingerprint density at radius 3 is 2.29 bits per heavy atom. The van der Waals surface area contributed by atoms with E-state index >= 15 is 0 Å². The van der Waals surface area contributed by atoms with Crippen LogP contribution < -0.4 is 10.6 Å². The number of rotatable bonds is 7. The standard InChI is InChI=1S/C22H43N5.HI/c1-23-21(24-14-8-11-20-9-4-5-10-20)25-19-22(12-17-26(2)18-13-22)27-15-6-3-7-16-27;/h20H,3-19H2,1-2H3,(H2,23,24,25);1H. The monoisotopic (exact) mass is 505 g/mol. The van der Waals surface area contributed by atoms with Crippen molar-refractivity contribution < 1.29 is 0 Å². The molecule has 3 aliphatic rings. The summed E-state index contributed by atoms with van der Waals surface area (Å²) in [5, 5.41) is 7.27. The first-order chi connectivity index (χ1) is 13.2. The fourth-order valence-electron chi connectivity index (χ4n) is 5.37. The second-order valence-electron chi connectivity index (χ2n) is 9.22. The number of halogens is 1. The average Bonchev–Trinajstić information content (AvgIpc) is 3.23. The Balaban J connectivity index is 0.00000280. The van der Waals surface area contributed by atoms with Gasteiger partial charge in [-0.05, 0) is 77.7 Å². The molecule has 6 heteroatoms. The molecular formula is C22H44IN5. The highest BCUT2D eigenvalue weighted by atomic mass is 127. The fraction of sp³-hybridized carbons (Fsp3) is 0.955. The molecule has 2 aliphatic heterocycles. The van der Waals surface area contributed by atoms with E-state index in [9.17, 15) is 0 Å². The van der Waals surface area contributed by atoms with Crippen LogP contribution in [-0.2, 0) is 0 Å². The van der Waals surface area contributed by atoms with Crippen LogP contribution in [0.15, 0.2) is 4.99 Å². The van der Waals surface area contributed by atoms with Crippen LogP contribution in [0.1, 0.15) is 70.6 Å². The van der Waals surface area contributed by atoms with E-state index in [1.807, 2.05) is 7.05 Å². The smallest absolute Gasteiger partial charge is 0.191 e. The maximum absolute atomic E-state index is 4.50. The third kappa shape index (κ3) is 7.01. The molecule has 0 unspecified atom stereocenters. The maximum atomic E-state index is 4.50. The van der Waals surface area contributed by atoms with Crippen molar-refractivity contribution in [1.82, 2.24) is 20.4 Å². The fourth-order valence-corrected chi connectivity index (χ4v) is 5.37. The second kappa shape index (κ2) is 12.6. The molecule has 0 aromatic carbocycles. The predicted molar refractivity (Wildman–Crippen MR) is 131 cm³/mol. The van der Waals surface area contributed by atoms with Crippen molar-refractivity contribution in [2.45, 2.75) is 76.2 Å². The van der Waals surface area contributed by atoms with Crippen molar-refractivity contribution in [3.63, 3.8) is 0 Å². The molecule has 164 valence electrons. The lowest BCUT2D eigenvalue weighted by Gasteiger charge is -2.50. The molecule has 2 saturated heterocycles.